The minimum absolute atomic E-state index is 0.275. The topological polar surface area (TPSA) is 65.0 Å². The van der Waals surface area contributed by atoms with Gasteiger partial charge < -0.3 is 19.3 Å². The second-order valence-corrected chi connectivity index (χ2v) is 6.11. The highest BCUT2D eigenvalue weighted by atomic mass is 16.5. The Morgan fingerprint density at radius 3 is 2.31 bits per heavy atom. The van der Waals surface area contributed by atoms with E-state index in [2.05, 4.69) is 0 Å². The van der Waals surface area contributed by atoms with Crippen LogP contribution in [0.5, 0.6) is 17.2 Å². The Bertz CT molecular complexity index is 980. The smallest absolute Gasteiger partial charge is 0.328 e. The van der Waals surface area contributed by atoms with Crippen LogP contribution in [0.4, 0.5) is 0 Å². The van der Waals surface area contributed by atoms with Gasteiger partial charge in [0.05, 0.1) is 7.11 Å². The fraction of sp³-hybridized carbons (Fsp3) is 0.125. The number of carbonyl (C=O) groups is 1. The van der Waals surface area contributed by atoms with Gasteiger partial charge in [-0.05, 0) is 23.8 Å². The Balaban J connectivity index is 1.68. The van der Waals surface area contributed by atoms with E-state index >= 15 is 0 Å². The number of carboxylic acids is 1. The molecule has 0 aliphatic heterocycles. The third-order valence-corrected chi connectivity index (χ3v) is 4.19. The lowest BCUT2D eigenvalue weighted by molar-refractivity contribution is -0.131. The van der Waals surface area contributed by atoms with Crippen molar-refractivity contribution in [2.45, 2.75) is 0 Å². The van der Waals surface area contributed by atoms with Gasteiger partial charge in [0.1, 0.15) is 19.0 Å². The number of rotatable bonds is 9. The average Bonchev–Trinajstić information content (AvgIpc) is 2.76. The second-order valence-electron chi connectivity index (χ2n) is 6.11. The van der Waals surface area contributed by atoms with Crippen LogP contribution in [-0.2, 0) is 4.79 Å². The average molecular weight is 390 g/mol. The van der Waals surface area contributed by atoms with Crippen LogP contribution in [-0.4, -0.2) is 31.4 Å². The molecule has 0 atom stereocenters. The first-order valence-corrected chi connectivity index (χ1v) is 9.17. The normalized spacial score (nSPS) is 10.7. The summed E-state index contributed by atoms with van der Waals surface area (Å²) in [5.74, 6) is 0.752. The van der Waals surface area contributed by atoms with Crippen LogP contribution >= 0.6 is 0 Å². The van der Waals surface area contributed by atoms with Crippen LogP contribution in [0.2, 0.25) is 0 Å². The highest BCUT2D eigenvalue weighted by Gasteiger charge is 2.10. The summed E-state index contributed by atoms with van der Waals surface area (Å²) in [5, 5.41) is 8.87. The van der Waals surface area contributed by atoms with Gasteiger partial charge in [0, 0.05) is 17.2 Å². The molecule has 1 N–H and O–H groups in total. The number of hydrogen-bond acceptors (Lipinski definition) is 4. The van der Waals surface area contributed by atoms with Crippen molar-refractivity contribution in [1.82, 2.24) is 0 Å². The molecule has 0 aromatic heterocycles. The fourth-order valence-corrected chi connectivity index (χ4v) is 2.88. The molecule has 0 amide bonds. The summed E-state index contributed by atoms with van der Waals surface area (Å²) in [4.78, 5) is 10.8. The van der Waals surface area contributed by atoms with Crippen molar-refractivity contribution in [2.75, 3.05) is 20.3 Å². The lowest BCUT2D eigenvalue weighted by Gasteiger charge is -2.15. The van der Waals surface area contributed by atoms with E-state index in [1.54, 1.807) is 25.3 Å². The van der Waals surface area contributed by atoms with Crippen molar-refractivity contribution < 1.29 is 24.1 Å². The van der Waals surface area contributed by atoms with Crippen LogP contribution in [0.3, 0.4) is 0 Å². The molecule has 5 nitrogen and oxygen atoms in total. The summed E-state index contributed by atoms with van der Waals surface area (Å²) in [6.45, 7) is 0.599. The van der Waals surface area contributed by atoms with Crippen molar-refractivity contribution in [2.24, 2.45) is 0 Å². The van der Waals surface area contributed by atoms with Gasteiger partial charge in [0.25, 0.3) is 0 Å². The monoisotopic (exact) mass is 390 g/mol. The fourth-order valence-electron chi connectivity index (χ4n) is 2.88. The number of ether oxygens (including phenoxy) is 3. The molecule has 3 aromatic carbocycles. The Hall–Kier alpha value is -3.73. The summed E-state index contributed by atoms with van der Waals surface area (Å²) >= 11 is 0. The maximum atomic E-state index is 10.8. The van der Waals surface area contributed by atoms with E-state index in [1.807, 2.05) is 54.6 Å². The first kappa shape index (κ1) is 20.0. The van der Waals surface area contributed by atoms with Crippen molar-refractivity contribution >= 4 is 12.0 Å². The molecular formula is C24H22O5. The van der Waals surface area contributed by atoms with E-state index in [1.165, 1.54) is 6.08 Å². The molecule has 148 valence electrons. The molecule has 0 unspecified atom stereocenters. The number of carboxylic acid groups (broad SMARTS) is 1. The molecule has 0 saturated carbocycles. The molecule has 29 heavy (non-hydrogen) atoms. The van der Waals surface area contributed by atoms with Gasteiger partial charge in [-0.3, -0.25) is 0 Å². The number of hydrogen-bond donors (Lipinski definition) is 1. The van der Waals surface area contributed by atoms with Gasteiger partial charge in [-0.15, -0.1) is 0 Å². The number of methoxy groups -OCH3 is 1. The van der Waals surface area contributed by atoms with Crippen molar-refractivity contribution in [3.8, 4) is 28.4 Å². The maximum absolute atomic E-state index is 10.8. The van der Waals surface area contributed by atoms with Crippen LogP contribution in [0.25, 0.3) is 17.2 Å². The standard InChI is InChI=1S/C24H22O5/c1-27-22-13-7-10-19(14-15-23(25)26)24(22)29-17-16-28-21-12-6-5-11-20(21)18-8-3-2-4-9-18/h2-15H,16-17H2,1H3,(H,25,26). The molecule has 0 bridgehead atoms. The van der Waals surface area contributed by atoms with Gasteiger partial charge in [0.15, 0.2) is 11.5 Å². The first-order chi connectivity index (χ1) is 14.2. The minimum atomic E-state index is -1.03. The van der Waals surface area contributed by atoms with Crippen LogP contribution < -0.4 is 14.2 Å². The molecule has 3 rings (SSSR count). The molecule has 0 aliphatic carbocycles. The van der Waals surface area contributed by atoms with Gasteiger partial charge >= 0.3 is 5.97 Å². The summed E-state index contributed by atoms with van der Waals surface area (Å²) in [6.07, 6.45) is 2.54. The second kappa shape index (κ2) is 9.99. The number of benzene rings is 3. The minimum Gasteiger partial charge on any atom is -0.493 e. The van der Waals surface area contributed by atoms with Crippen LogP contribution in [0.15, 0.2) is 78.9 Å². The predicted octanol–water partition coefficient (Wildman–Crippen LogP) is 4.92. The molecule has 0 fully saturated rings. The highest BCUT2D eigenvalue weighted by molar-refractivity contribution is 5.86. The van der Waals surface area contributed by atoms with E-state index in [0.717, 1.165) is 23.0 Å². The van der Waals surface area contributed by atoms with Crippen LogP contribution in [0.1, 0.15) is 5.56 Å². The van der Waals surface area contributed by atoms with Gasteiger partial charge in [0.2, 0.25) is 0 Å². The molecule has 0 heterocycles. The molecule has 0 saturated heterocycles. The third-order valence-electron chi connectivity index (χ3n) is 4.19. The molecule has 5 heteroatoms. The summed E-state index contributed by atoms with van der Waals surface area (Å²) < 4.78 is 17.1. The quantitative estimate of drug-likeness (QED) is 0.415. The Morgan fingerprint density at radius 1 is 0.862 bits per heavy atom. The zero-order chi connectivity index (χ0) is 20.5. The van der Waals surface area contributed by atoms with Crippen molar-refractivity contribution in [3.05, 3.63) is 84.4 Å². The van der Waals surface area contributed by atoms with Crippen molar-refractivity contribution in [1.29, 1.82) is 0 Å². The van der Waals surface area contributed by atoms with Gasteiger partial charge in [-0.25, -0.2) is 4.79 Å². The Kier molecular flexibility index (Phi) is 6.90. The molecular weight excluding hydrogens is 368 g/mol. The Morgan fingerprint density at radius 2 is 1.55 bits per heavy atom. The lowest BCUT2D eigenvalue weighted by Crippen LogP contribution is -2.10. The van der Waals surface area contributed by atoms with Gasteiger partial charge in [-0.1, -0.05) is 60.7 Å². The first-order valence-electron chi connectivity index (χ1n) is 9.17. The van der Waals surface area contributed by atoms with Gasteiger partial charge in [-0.2, -0.15) is 0 Å². The molecule has 3 aromatic rings. The van der Waals surface area contributed by atoms with E-state index in [0.29, 0.717) is 23.7 Å². The highest BCUT2D eigenvalue weighted by Crippen LogP contribution is 2.32. The summed E-state index contributed by atoms with van der Waals surface area (Å²) in [6, 6.07) is 23.2. The zero-order valence-electron chi connectivity index (χ0n) is 16.1. The number of para-hydroxylation sites is 2. The Labute approximate surface area is 169 Å². The molecule has 0 spiro atoms. The maximum Gasteiger partial charge on any atom is 0.328 e. The third kappa shape index (κ3) is 5.39. The van der Waals surface area contributed by atoms with Crippen molar-refractivity contribution in [3.63, 3.8) is 0 Å². The molecule has 0 aliphatic rings. The number of aliphatic carboxylic acids is 1. The molecule has 0 radical (unpaired) electrons. The predicted molar refractivity (Wildman–Crippen MR) is 113 cm³/mol. The largest absolute Gasteiger partial charge is 0.493 e. The van der Waals surface area contributed by atoms with E-state index in [4.69, 9.17) is 19.3 Å². The SMILES string of the molecule is COc1cccc(C=CC(=O)O)c1OCCOc1ccccc1-c1ccccc1. The lowest BCUT2D eigenvalue weighted by atomic mass is 10.1. The van der Waals surface area contributed by atoms with E-state index in [-0.39, 0.29) is 6.61 Å². The van der Waals surface area contributed by atoms with E-state index < -0.39 is 5.97 Å². The van der Waals surface area contributed by atoms with Crippen LogP contribution in [0, 0.1) is 0 Å². The summed E-state index contributed by atoms with van der Waals surface area (Å²) in [7, 11) is 1.54. The zero-order valence-corrected chi connectivity index (χ0v) is 16.1. The summed E-state index contributed by atoms with van der Waals surface area (Å²) in [5.41, 5.74) is 2.71. The van der Waals surface area contributed by atoms with E-state index in [9.17, 15) is 4.79 Å².